The summed E-state index contributed by atoms with van der Waals surface area (Å²) in [5.74, 6) is 0.571. The van der Waals surface area contributed by atoms with Crippen LogP contribution in [0.15, 0.2) is 71.6 Å². The Morgan fingerprint density at radius 1 is 0.783 bits per heavy atom. The molecule has 46 heavy (non-hydrogen) atoms. The molecule has 0 aliphatic heterocycles. The van der Waals surface area contributed by atoms with Crippen molar-refractivity contribution in [3.8, 4) is 17.2 Å². The van der Waals surface area contributed by atoms with Crippen LogP contribution in [0.3, 0.4) is 0 Å². The first-order valence-corrected chi connectivity index (χ1v) is 17.9. The van der Waals surface area contributed by atoms with Gasteiger partial charge in [-0.1, -0.05) is 95.5 Å². The van der Waals surface area contributed by atoms with Crippen molar-refractivity contribution in [2.24, 2.45) is 0 Å². The summed E-state index contributed by atoms with van der Waals surface area (Å²) in [6.07, 6.45) is 11.1. The molecule has 0 unspecified atom stereocenters. The van der Waals surface area contributed by atoms with Gasteiger partial charge in [0.15, 0.2) is 5.75 Å². The second kappa shape index (κ2) is 20.5. The van der Waals surface area contributed by atoms with Crippen molar-refractivity contribution in [2.75, 3.05) is 32.3 Å². The molecule has 0 radical (unpaired) electrons. The molecule has 2 N–H and O–H groups in total. The van der Waals surface area contributed by atoms with Crippen LogP contribution in [-0.4, -0.2) is 41.4 Å². The molecule has 0 aliphatic carbocycles. The number of carbonyl (C=O) groups excluding carboxylic acids is 1. The SMILES string of the molecule is CCCCCCCCCCOCNS(=O)(=O)c1cc(C(=O)OCc2ccc(OC)cc2)cc(NCCCC)c1Oc1ccccc1. The molecule has 3 rings (SSSR count). The van der Waals surface area contributed by atoms with Gasteiger partial charge in [0.1, 0.15) is 29.7 Å². The first kappa shape index (κ1) is 36.9. The van der Waals surface area contributed by atoms with E-state index in [1.54, 1.807) is 61.7 Å². The summed E-state index contributed by atoms with van der Waals surface area (Å²) in [5, 5.41) is 3.27. The second-order valence-corrected chi connectivity index (χ2v) is 12.9. The van der Waals surface area contributed by atoms with Crippen molar-refractivity contribution in [1.82, 2.24) is 4.72 Å². The van der Waals surface area contributed by atoms with Crippen LogP contribution < -0.4 is 19.5 Å². The highest BCUT2D eigenvalue weighted by Gasteiger charge is 2.26. The Morgan fingerprint density at radius 3 is 2.13 bits per heavy atom. The van der Waals surface area contributed by atoms with E-state index in [0.29, 0.717) is 30.3 Å². The van der Waals surface area contributed by atoms with Crippen LogP contribution in [0.1, 0.15) is 94.0 Å². The number of nitrogens with one attached hydrogen (secondary N) is 2. The van der Waals surface area contributed by atoms with E-state index in [-0.39, 0.29) is 29.5 Å². The molecule has 0 aromatic heterocycles. The molecular formula is C36H50N2O7S. The van der Waals surface area contributed by atoms with Gasteiger partial charge in [-0.3, -0.25) is 0 Å². The summed E-state index contributed by atoms with van der Waals surface area (Å²) in [6, 6.07) is 18.9. The Morgan fingerprint density at radius 2 is 1.46 bits per heavy atom. The molecule has 9 nitrogen and oxygen atoms in total. The summed E-state index contributed by atoms with van der Waals surface area (Å²) in [5.41, 5.74) is 1.22. The van der Waals surface area contributed by atoms with Crippen LogP contribution in [-0.2, 0) is 26.1 Å². The predicted octanol–water partition coefficient (Wildman–Crippen LogP) is 8.45. The minimum absolute atomic E-state index is 0.0105. The molecule has 10 heteroatoms. The quantitative estimate of drug-likeness (QED) is 0.0595. The number of rotatable bonds is 23. The topological polar surface area (TPSA) is 112 Å². The number of sulfonamides is 1. The molecular weight excluding hydrogens is 604 g/mol. The van der Waals surface area contributed by atoms with E-state index in [9.17, 15) is 13.2 Å². The minimum atomic E-state index is -4.17. The molecule has 0 saturated carbocycles. The molecule has 0 amide bonds. The van der Waals surface area contributed by atoms with Gasteiger partial charge in [0, 0.05) is 13.2 Å². The van der Waals surface area contributed by atoms with Crippen molar-refractivity contribution >= 4 is 21.7 Å². The van der Waals surface area contributed by atoms with Gasteiger partial charge < -0.3 is 24.3 Å². The highest BCUT2D eigenvalue weighted by molar-refractivity contribution is 7.89. The Bertz CT molecular complexity index is 1410. The molecule has 0 spiro atoms. The number of hydrogen-bond donors (Lipinski definition) is 2. The lowest BCUT2D eigenvalue weighted by Crippen LogP contribution is -2.27. The number of carbonyl (C=O) groups is 1. The molecule has 0 aliphatic rings. The third-order valence-electron chi connectivity index (χ3n) is 7.41. The fourth-order valence-corrected chi connectivity index (χ4v) is 5.80. The number of esters is 1. The third-order valence-corrected chi connectivity index (χ3v) is 8.79. The Labute approximate surface area is 275 Å². The number of para-hydroxylation sites is 1. The van der Waals surface area contributed by atoms with Crippen molar-refractivity contribution in [1.29, 1.82) is 0 Å². The number of methoxy groups -OCH3 is 1. The largest absolute Gasteiger partial charge is 0.497 e. The summed E-state index contributed by atoms with van der Waals surface area (Å²) >= 11 is 0. The molecule has 0 bridgehead atoms. The smallest absolute Gasteiger partial charge is 0.338 e. The lowest BCUT2D eigenvalue weighted by molar-refractivity contribution is 0.0472. The lowest BCUT2D eigenvalue weighted by Gasteiger charge is -2.19. The van der Waals surface area contributed by atoms with E-state index in [0.717, 1.165) is 37.7 Å². The number of hydrogen-bond acceptors (Lipinski definition) is 8. The van der Waals surface area contributed by atoms with Gasteiger partial charge in [-0.2, -0.15) is 4.72 Å². The number of unbranched alkanes of at least 4 members (excludes halogenated alkanes) is 8. The maximum absolute atomic E-state index is 13.7. The zero-order valence-electron chi connectivity index (χ0n) is 27.5. The van der Waals surface area contributed by atoms with Crippen molar-refractivity contribution < 1.29 is 32.2 Å². The second-order valence-electron chi connectivity index (χ2n) is 11.1. The molecule has 0 saturated heterocycles. The fourth-order valence-electron chi connectivity index (χ4n) is 4.72. The van der Waals surface area contributed by atoms with Crippen LogP contribution >= 0.6 is 0 Å². The van der Waals surface area contributed by atoms with E-state index >= 15 is 0 Å². The minimum Gasteiger partial charge on any atom is -0.497 e. The third kappa shape index (κ3) is 12.7. The van der Waals surface area contributed by atoms with Gasteiger partial charge in [-0.15, -0.1) is 0 Å². The highest BCUT2D eigenvalue weighted by Crippen LogP contribution is 2.38. The highest BCUT2D eigenvalue weighted by atomic mass is 32.2. The van der Waals surface area contributed by atoms with Gasteiger partial charge in [-0.25, -0.2) is 13.2 Å². The van der Waals surface area contributed by atoms with Gasteiger partial charge in [-0.05, 0) is 54.8 Å². The molecule has 0 heterocycles. The fraction of sp³-hybridized carbons (Fsp3) is 0.472. The van der Waals surface area contributed by atoms with Gasteiger partial charge >= 0.3 is 5.97 Å². The summed E-state index contributed by atoms with van der Waals surface area (Å²) < 4.78 is 52.6. The van der Waals surface area contributed by atoms with Crippen LogP contribution in [0, 0.1) is 0 Å². The van der Waals surface area contributed by atoms with Crippen LogP contribution in [0.4, 0.5) is 5.69 Å². The Hall–Kier alpha value is -3.60. The number of ether oxygens (including phenoxy) is 4. The van der Waals surface area contributed by atoms with Gasteiger partial charge in [0.25, 0.3) is 0 Å². The Kier molecular flexibility index (Phi) is 16.4. The standard InChI is InChI=1S/C36H50N2O7S/c1-4-6-8-9-10-11-12-16-24-43-28-38-46(40,41)34-26-30(36(39)44-27-29-19-21-31(42-3)22-20-29)25-33(37-23-7-5-2)35(34)45-32-17-14-13-15-18-32/h13-15,17-22,25-26,37-38H,4-12,16,23-24,27-28H2,1-3H3. The van der Waals surface area contributed by atoms with Crippen molar-refractivity contribution in [3.05, 3.63) is 77.9 Å². The van der Waals surface area contributed by atoms with Crippen LogP contribution in [0.25, 0.3) is 0 Å². The van der Waals surface area contributed by atoms with Crippen molar-refractivity contribution in [3.63, 3.8) is 0 Å². The molecule has 3 aromatic carbocycles. The maximum atomic E-state index is 13.7. The average Bonchev–Trinajstić information content (AvgIpc) is 3.07. The summed E-state index contributed by atoms with van der Waals surface area (Å²) in [4.78, 5) is 13.1. The first-order valence-electron chi connectivity index (χ1n) is 16.4. The maximum Gasteiger partial charge on any atom is 0.338 e. The van der Waals surface area contributed by atoms with Crippen molar-refractivity contribution in [2.45, 2.75) is 89.6 Å². The zero-order valence-corrected chi connectivity index (χ0v) is 28.3. The van der Waals surface area contributed by atoms with Crippen LogP contribution in [0.5, 0.6) is 17.2 Å². The van der Waals surface area contributed by atoms with E-state index in [1.165, 1.54) is 38.2 Å². The molecule has 252 valence electrons. The van der Waals surface area contributed by atoms with E-state index < -0.39 is 16.0 Å². The zero-order chi connectivity index (χ0) is 33.0. The van der Waals surface area contributed by atoms with E-state index in [4.69, 9.17) is 18.9 Å². The first-order chi connectivity index (χ1) is 22.4. The molecule has 0 fully saturated rings. The summed E-state index contributed by atoms with van der Waals surface area (Å²) in [7, 11) is -2.59. The van der Waals surface area contributed by atoms with Gasteiger partial charge in [0.2, 0.25) is 10.0 Å². The number of anilines is 1. The molecule has 0 atom stereocenters. The van der Waals surface area contributed by atoms with E-state index in [2.05, 4.69) is 23.9 Å². The predicted molar refractivity (Wildman–Crippen MR) is 182 cm³/mol. The number of benzene rings is 3. The lowest BCUT2D eigenvalue weighted by atomic mass is 10.1. The monoisotopic (exact) mass is 654 g/mol. The Balaban J connectivity index is 1.78. The summed E-state index contributed by atoms with van der Waals surface area (Å²) in [6.45, 7) is 5.09. The van der Waals surface area contributed by atoms with E-state index in [1.807, 2.05) is 6.07 Å². The van der Waals surface area contributed by atoms with Crippen LogP contribution in [0.2, 0.25) is 0 Å². The average molecular weight is 655 g/mol. The molecule has 3 aromatic rings. The normalized spacial score (nSPS) is 11.3. The van der Waals surface area contributed by atoms with Gasteiger partial charge in [0.05, 0.1) is 18.4 Å².